The van der Waals surface area contributed by atoms with E-state index in [9.17, 15) is 8.42 Å². The van der Waals surface area contributed by atoms with Gasteiger partial charge in [-0.15, -0.1) is 0 Å². The number of rotatable bonds is 3. The Labute approximate surface area is 87.5 Å². The van der Waals surface area contributed by atoms with Crippen LogP contribution >= 0.6 is 11.6 Å². The predicted molar refractivity (Wildman–Crippen MR) is 53.5 cm³/mol. The highest BCUT2D eigenvalue weighted by Gasteiger charge is 2.15. The molecule has 14 heavy (non-hydrogen) atoms. The predicted octanol–water partition coefficient (Wildman–Crippen LogP) is 1.13. The zero-order chi connectivity index (χ0) is 10.8. The zero-order valence-electron chi connectivity index (χ0n) is 7.53. The van der Waals surface area contributed by atoms with Gasteiger partial charge in [0.2, 0.25) is 0 Å². The topological polar surface area (TPSA) is 69.4 Å². The minimum absolute atomic E-state index is 0.0257. The van der Waals surface area contributed by atoms with Gasteiger partial charge in [-0.2, -0.15) is 0 Å². The quantitative estimate of drug-likeness (QED) is 0.798. The van der Waals surface area contributed by atoms with E-state index in [2.05, 4.69) is 4.84 Å². The molecule has 0 aliphatic heterocycles. The standard InChI is InChI=1S/C8H10ClNO3S/c1-14(11,12)8-4-2-3-7(9)6(8)5-13-10/h2-4H,5,10H2,1H3. The van der Waals surface area contributed by atoms with E-state index in [0.29, 0.717) is 10.6 Å². The van der Waals surface area contributed by atoms with Crippen LogP contribution in [-0.4, -0.2) is 14.7 Å². The highest BCUT2D eigenvalue weighted by molar-refractivity contribution is 7.90. The molecule has 78 valence electrons. The van der Waals surface area contributed by atoms with Crippen LogP contribution in [-0.2, 0) is 21.3 Å². The molecule has 6 heteroatoms. The van der Waals surface area contributed by atoms with E-state index in [1.54, 1.807) is 12.1 Å². The van der Waals surface area contributed by atoms with Crippen LogP contribution in [0.5, 0.6) is 0 Å². The molecule has 1 aromatic rings. The van der Waals surface area contributed by atoms with Gasteiger partial charge in [0, 0.05) is 16.8 Å². The molecule has 0 aliphatic rings. The van der Waals surface area contributed by atoms with Gasteiger partial charge in [-0.3, -0.25) is 4.84 Å². The van der Waals surface area contributed by atoms with E-state index < -0.39 is 9.84 Å². The molecule has 0 spiro atoms. The average molecular weight is 236 g/mol. The summed E-state index contributed by atoms with van der Waals surface area (Å²) in [5, 5.41) is 0.332. The number of halogens is 1. The molecule has 0 aliphatic carbocycles. The van der Waals surface area contributed by atoms with Gasteiger partial charge in [-0.25, -0.2) is 14.3 Å². The van der Waals surface area contributed by atoms with Gasteiger partial charge < -0.3 is 0 Å². The number of hydrogen-bond donors (Lipinski definition) is 1. The van der Waals surface area contributed by atoms with Gasteiger partial charge in [0.25, 0.3) is 0 Å². The first-order valence-corrected chi connectivity index (χ1v) is 6.03. The lowest BCUT2D eigenvalue weighted by Gasteiger charge is -2.07. The summed E-state index contributed by atoms with van der Waals surface area (Å²) in [5.41, 5.74) is 0.388. The SMILES string of the molecule is CS(=O)(=O)c1cccc(Cl)c1CON. The van der Waals surface area contributed by atoms with Crippen molar-refractivity contribution in [3.8, 4) is 0 Å². The van der Waals surface area contributed by atoms with Gasteiger partial charge in [0.05, 0.1) is 11.5 Å². The molecule has 0 radical (unpaired) electrons. The fraction of sp³-hybridized carbons (Fsp3) is 0.250. The monoisotopic (exact) mass is 235 g/mol. The molecule has 0 bridgehead atoms. The third-order valence-corrected chi connectivity index (χ3v) is 3.24. The van der Waals surface area contributed by atoms with E-state index in [1.165, 1.54) is 6.07 Å². The van der Waals surface area contributed by atoms with Gasteiger partial charge in [-0.1, -0.05) is 17.7 Å². The van der Waals surface area contributed by atoms with Crippen molar-refractivity contribution in [1.29, 1.82) is 0 Å². The summed E-state index contributed by atoms with van der Waals surface area (Å²) >= 11 is 5.81. The molecule has 0 fully saturated rings. The van der Waals surface area contributed by atoms with E-state index in [4.69, 9.17) is 17.5 Å². The second-order valence-electron chi connectivity index (χ2n) is 2.80. The van der Waals surface area contributed by atoms with Gasteiger partial charge in [0.1, 0.15) is 0 Å². The molecule has 0 saturated heterocycles. The molecule has 1 aromatic carbocycles. The lowest BCUT2D eigenvalue weighted by molar-refractivity contribution is 0.122. The molecule has 0 saturated carbocycles. The van der Waals surface area contributed by atoms with Crippen LogP contribution in [0.3, 0.4) is 0 Å². The maximum atomic E-state index is 11.3. The van der Waals surface area contributed by atoms with Crippen LogP contribution in [0.25, 0.3) is 0 Å². The average Bonchev–Trinajstić information content (AvgIpc) is 2.07. The Hall–Kier alpha value is -0.620. The second kappa shape index (κ2) is 4.27. The molecule has 0 unspecified atom stereocenters. The van der Waals surface area contributed by atoms with Crippen molar-refractivity contribution in [2.45, 2.75) is 11.5 Å². The van der Waals surface area contributed by atoms with Crippen molar-refractivity contribution in [2.24, 2.45) is 5.90 Å². The first-order valence-electron chi connectivity index (χ1n) is 3.76. The summed E-state index contributed by atoms with van der Waals surface area (Å²) in [6.45, 7) is -0.0257. The number of hydrogen-bond acceptors (Lipinski definition) is 4. The first kappa shape index (κ1) is 11.5. The minimum Gasteiger partial charge on any atom is -0.300 e. The Morgan fingerprint density at radius 3 is 2.64 bits per heavy atom. The third-order valence-electron chi connectivity index (χ3n) is 1.70. The van der Waals surface area contributed by atoms with Crippen LogP contribution in [0.15, 0.2) is 23.1 Å². The Kier molecular flexibility index (Phi) is 3.49. The van der Waals surface area contributed by atoms with Crippen molar-refractivity contribution < 1.29 is 13.3 Å². The van der Waals surface area contributed by atoms with E-state index in [1.807, 2.05) is 0 Å². The maximum Gasteiger partial charge on any atom is 0.175 e. The highest BCUT2D eigenvalue weighted by atomic mass is 35.5. The summed E-state index contributed by atoms with van der Waals surface area (Å²) < 4.78 is 22.7. The molecule has 0 aromatic heterocycles. The lowest BCUT2D eigenvalue weighted by atomic mass is 10.2. The third kappa shape index (κ3) is 2.45. The van der Waals surface area contributed by atoms with Crippen molar-refractivity contribution in [1.82, 2.24) is 0 Å². The number of nitrogens with two attached hydrogens (primary N) is 1. The van der Waals surface area contributed by atoms with Gasteiger partial charge in [-0.05, 0) is 12.1 Å². The molecule has 0 atom stereocenters. The molecule has 0 amide bonds. The summed E-state index contributed by atoms with van der Waals surface area (Å²) in [6, 6.07) is 4.62. The summed E-state index contributed by atoms with van der Waals surface area (Å²) in [5.74, 6) is 4.89. The van der Waals surface area contributed by atoms with E-state index >= 15 is 0 Å². The van der Waals surface area contributed by atoms with Crippen molar-refractivity contribution in [3.05, 3.63) is 28.8 Å². The van der Waals surface area contributed by atoms with E-state index in [-0.39, 0.29) is 11.5 Å². The van der Waals surface area contributed by atoms with Crippen molar-refractivity contribution >= 4 is 21.4 Å². The zero-order valence-corrected chi connectivity index (χ0v) is 9.10. The highest BCUT2D eigenvalue weighted by Crippen LogP contribution is 2.24. The van der Waals surface area contributed by atoms with Crippen LogP contribution in [0, 0.1) is 0 Å². The number of benzene rings is 1. The first-order chi connectivity index (χ1) is 6.46. The fourth-order valence-corrected chi connectivity index (χ4v) is 2.34. The molecular weight excluding hydrogens is 226 g/mol. The Bertz CT molecular complexity index is 430. The lowest BCUT2D eigenvalue weighted by Crippen LogP contribution is -2.07. The molecule has 4 nitrogen and oxygen atoms in total. The van der Waals surface area contributed by atoms with Crippen LogP contribution in [0.4, 0.5) is 0 Å². The summed E-state index contributed by atoms with van der Waals surface area (Å²) in [4.78, 5) is 4.54. The summed E-state index contributed by atoms with van der Waals surface area (Å²) in [6.07, 6.45) is 1.11. The molecule has 2 N–H and O–H groups in total. The van der Waals surface area contributed by atoms with Crippen LogP contribution in [0.2, 0.25) is 5.02 Å². The largest absolute Gasteiger partial charge is 0.300 e. The van der Waals surface area contributed by atoms with Gasteiger partial charge >= 0.3 is 0 Å². The van der Waals surface area contributed by atoms with Crippen molar-refractivity contribution in [3.63, 3.8) is 0 Å². The maximum absolute atomic E-state index is 11.3. The van der Waals surface area contributed by atoms with Crippen LogP contribution < -0.4 is 5.90 Å². The number of sulfone groups is 1. The van der Waals surface area contributed by atoms with E-state index in [0.717, 1.165) is 6.26 Å². The summed E-state index contributed by atoms with van der Waals surface area (Å²) in [7, 11) is -3.30. The smallest absolute Gasteiger partial charge is 0.175 e. The van der Waals surface area contributed by atoms with Gasteiger partial charge in [0.15, 0.2) is 9.84 Å². The Morgan fingerprint density at radius 2 is 2.14 bits per heavy atom. The fourth-order valence-electron chi connectivity index (χ4n) is 1.11. The van der Waals surface area contributed by atoms with Crippen molar-refractivity contribution in [2.75, 3.05) is 6.26 Å². The molecule has 0 heterocycles. The second-order valence-corrected chi connectivity index (χ2v) is 5.19. The Morgan fingerprint density at radius 1 is 1.50 bits per heavy atom. The normalized spacial score (nSPS) is 11.6. The molecule has 1 rings (SSSR count). The van der Waals surface area contributed by atoms with Crippen LogP contribution in [0.1, 0.15) is 5.56 Å². The minimum atomic E-state index is -3.30. The molecular formula is C8H10ClNO3S. The Balaban J connectivity index is 3.36.